The minimum absolute atomic E-state index is 0.128. The van der Waals surface area contributed by atoms with E-state index in [1.807, 2.05) is 12.1 Å². The Balaban J connectivity index is 1.80. The number of anilines is 1. The molecular formula is C18H25F2N3O. The summed E-state index contributed by atoms with van der Waals surface area (Å²) in [6, 6.07) is 5.95. The molecule has 1 N–H and O–H groups in total. The molecule has 2 aliphatic rings. The van der Waals surface area contributed by atoms with Crippen molar-refractivity contribution in [3.63, 3.8) is 0 Å². The number of likely N-dealkylation sites (tertiary alicyclic amines) is 1. The molecule has 0 bridgehead atoms. The number of piperidine rings is 1. The number of carbonyl (C=O) groups excluding carboxylic acids is 1. The van der Waals surface area contributed by atoms with Gasteiger partial charge < -0.3 is 15.1 Å². The molecule has 4 nitrogen and oxygen atoms in total. The summed E-state index contributed by atoms with van der Waals surface area (Å²) in [6.45, 7) is 6.01. The fraction of sp³-hybridized carbons (Fsp3) is 0.611. The van der Waals surface area contributed by atoms with Crippen molar-refractivity contribution in [2.75, 3.05) is 44.2 Å². The van der Waals surface area contributed by atoms with Crippen LogP contribution < -0.4 is 10.2 Å². The monoisotopic (exact) mass is 337 g/mol. The molecule has 132 valence electrons. The molecule has 2 heterocycles. The van der Waals surface area contributed by atoms with E-state index in [0.717, 1.165) is 43.9 Å². The van der Waals surface area contributed by atoms with Crippen LogP contribution >= 0.6 is 0 Å². The third kappa shape index (κ3) is 3.86. The second kappa shape index (κ2) is 7.05. The van der Waals surface area contributed by atoms with E-state index in [0.29, 0.717) is 5.56 Å². The van der Waals surface area contributed by atoms with Crippen molar-refractivity contribution in [3.05, 3.63) is 29.3 Å². The van der Waals surface area contributed by atoms with Gasteiger partial charge in [0.05, 0.1) is 0 Å². The Morgan fingerprint density at radius 2 is 1.79 bits per heavy atom. The summed E-state index contributed by atoms with van der Waals surface area (Å²) in [4.78, 5) is 16.6. The average Bonchev–Trinajstić information content (AvgIpc) is 2.61. The first-order valence-corrected chi connectivity index (χ1v) is 8.75. The number of benzene rings is 1. The fourth-order valence-corrected chi connectivity index (χ4v) is 3.33. The fourth-order valence-electron chi connectivity index (χ4n) is 3.33. The van der Waals surface area contributed by atoms with Gasteiger partial charge in [0.25, 0.3) is 11.8 Å². The van der Waals surface area contributed by atoms with Crippen molar-refractivity contribution < 1.29 is 13.6 Å². The molecule has 0 aliphatic carbocycles. The number of amides is 1. The molecule has 0 spiro atoms. The number of piperazine rings is 1. The maximum absolute atomic E-state index is 13.3. The predicted octanol–water partition coefficient (Wildman–Crippen LogP) is 2.53. The van der Waals surface area contributed by atoms with Gasteiger partial charge in [-0.25, -0.2) is 8.78 Å². The Morgan fingerprint density at radius 1 is 1.12 bits per heavy atom. The Labute approximate surface area is 141 Å². The molecule has 24 heavy (non-hydrogen) atoms. The van der Waals surface area contributed by atoms with Gasteiger partial charge in [0, 0.05) is 63.4 Å². The molecule has 1 amide bonds. The number of nitrogens with zero attached hydrogens (tertiary/aromatic N) is 2. The van der Waals surface area contributed by atoms with E-state index in [1.54, 1.807) is 4.90 Å². The maximum Gasteiger partial charge on any atom is 0.253 e. The van der Waals surface area contributed by atoms with Crippen molar-refractivity contribution in [2.45, 2.75) is 32.1 Å². The molecule has 1 aromatic rings. The first-order chi connectivity index (χ1) is 11.5. The quantitative estimate of drug-likeness (QED) is 0.921. The van der Waals surface area contributed by atoms with Crippen LogP contribution in [0.2, 0.25) is 0 Å². The van der Waals surface area contributed by atoms with Gasteiger partial charge in [-0.2, -0.15) is 0 Å². The van der Waals surface area contributed by atoms with E-state index in [2.05, 4.69) is 23.2 Å². The lowest BCUT2D eigenvalue weighted by atomic mass is 10.0. The average molecular weight is 337 g/mol. The van der Waals surface area contributed by atoms with Gasteiger partial charge in [0.2, 0.25) is 0 Å². The third-order valence-corrected chi connectivity index (χ3v) is 4.90. The van der Waals surface area contributed by atoms with Crippen LogP contribution in [0.1, 0.15) is 35.7 Å². The minimum Gasteiger partial charge on any atom is -0.369 e. The van der Waals surface area contributed by atoms with Crippen molar-refractivity contribution >= 4 is 11.6 Å². The molecule has 2 aliphatic heterocycles. The van der Waals surface area contributed by atoms with Crippen molar-refractivity contribution in [1.82, 2.24) is 10.2 Å². The zero-order valence-electron chi connectivity index (χ0n) is 14.2. The number of hydrogen-bond donors (Lipinski definition) is 1. The molecule has 2 fully saturated rings. The van der Waals surface area contributed by atoms with E-state index in [4.69, 9.17) is 0 Å². The topological polar surface area (TPSA) is 35.6 Å². The summed E-state index contributed by atoms with van der Waals surface area (Å²) < 4.78 is 26.6. The summed E-state index contributed by atoms with van der Waals surface area (Å²) >= 11 is 0. The lowest BCUT2D eigenvalue weighted by Gasteiger charge is -2.33. The second-order valence-electron chi connectivity index (χ2n) is 6.63. The van der Waals surface area contributed by atoms with Crippen molar-refractivity contribution in [2.24, 2.45) is 0 Å². The number of rotatable bonds is 3. The number of nitrogens with one attached hydrogen (secondary N) is 1. The highest BCUT2D eigenvalue weighted by Gasteiger charge is 2.35. The number of carbonyl (C=O) groups is 1. The van der Waals surface area contributed by atoms with Gasteiger partial charge in [-0.1, -0.05) is 6.92 Å². The van der Waals surface area contributed by atoms with Crippen LogP contribution in [0.15, 0.2) is 18.2 Å². The Hall–Kier alpha value is -1.69. The van der Waals surface area contributed by atoms with Crippen molar-refractivity contribution in [3.8, 4) is 0 Å². The number of halogens is 2. The van der Waals surface area contributed by atoms with Crippen LogP contribution in [0.25, 0.3) is 0 Å². The Morgan fingerprint density at radius 3 is 2.42 bits per heavy atom. The van der Waals surface area contributed by atoms with E-state index >= 15 is 0 Å². The normalized spacial score (nSPS) is 21.0. The smallest absolute Gasteiger partial charge is 0.253 e. The molecule has 0 saturated carbocycles. The maximum atomic E-state index is 13.3. The van der Waals surface area contributed by atoms with Crippen LogP contribution in [-0.2, 0) is 6.42 Å². The molecule has 0 atom stereocenters. The van der Waals surface area contributed by atoms with Gasteiger partial charge in [-0.05, 0) is 30.2 Å². The van der Waals surface area contributed by atoms with Gasteiger partial charge >= 0.3 is 0 Å². The third-order valence-electron chi connectivity index (χ3n) is 4.90. The predicted molar refractivity (Wildman–Crippen MR) is 91.0 cm³/mol. The van der Waals surface area contributed by atoms with Gasteiger partial charge in [0.1, 0.15) is 0 Å². The molecule has 3 rings (SSSR count). The molecule has 0 radical (unpaired) electrons. The summed E-state index contributed by atoms with van der Waals surface area (Å²) in [5, 5.41) is 3.32. The second-order valence-corrected chi connectivity index (χ2v) is 6.63. The highest BCUT2D eigenvalue weighted by Crippen LogP contribution is 2.29. The van der Waals surface area contributed by atoms with Crippen LogP contribution in [-0.4, -0.2) is 56.0 Å². The lowest BCUT2D eigenvalue weighted by molar-refractivity contribution is -0.0494. The first kappa shape index (κ1) is 17.1. The largest absolute Gasteiger partial charge is 0.369 e. The highest BCUT2D eigenvalue weighted by molar-refractivity contribution is 5.95. The summed E-state index contributed by atoms with van der Waals surface area (Å²) in [6.07, 6.45) is 0.367. The standard InChI is InChI=1S/C18H25F2N3O/c1-2-14-11-15(13-16(12-14)22-9-5-21-6-10-22)17(24)23-7-3-18(19,20)4-8-23/h11-13,21H,2-10H2,1H3. The lowest BCUT2D eigenvalue weighted by Crippen LogP contribution is -2.44. The highest BCUT2D eigenvalue weighted by atomic mass is 19.3. The van der Waals surface area contributed by atoms with E-state index in [-0.39, 0.29) is 31.8 Å². The summed E-state index contributed by atoms with van der Waals surface area (Å²) in [5.74, 6) is -2.76. The van der Waals surface area contributed by atoms with Crippen LogP contribution in [0.5, 0.6) is 0 Å². The number of alkyl halides is 2. The number of hydrogen-bond acceptors (Lipinski definition) is 3. The zero-order valence-corrected chi connectivity index (χ0v) is 14.2. The van der Waals surface area contributed by atoms with Gasteiger partial charge in [-0.3, -0.25) is 4.79 Å². The van der Waals surface area contributed by atoms with Crippen LogP contribution in [0.4, 0.5) is 14.5 Å². The Bertz CT molecular complexity index is 590. The molecule has 6 heteroatoms. The molecule has 0 aromatic heterocycles. The van der Waals surface area contributed by atoms with E-state index < -0.39 is 5.92 Å². The molecule has 1 aromatic carbocycles. The first-order valence-electron chi connectivity index (χ1n) is 8.75. The van der Waals surface area contributed by atoms with Crippen LogP contribution in [0, 0.1) is 0 Å². The SMILES string of the molecule is CCc1cc(C(=O)N2CCC(F)(F)CC2)cc(N2CCNCC2)c1. The van der Waals surface area contributed by atoms with Crippen molar-refractivity contribution in [1.29, 1.82) is 0 Å². The van der Waals surface area contributed by atoms with Gasteiger partial charge in [-0.15, -0.1) is 0 Å². The minimum atomic E-state index is -2.63. The molecular weight excluding hydrogens is 312 g/mol. The zero-order chi connectivity index (χ0) is 17.2. The summed E-state index contributed by atoms with van der Waals surface area (Å²) in [5.41, 5.74) is 2.78. The molecule has 2 saturated heterocycles. The Kier molecular flexibility index (Phi) is 5.04. The molecule has 0 unspecified atom stereocenters. The van der Waals surface area contributed by atoms with Crippen LogP contribution in [0.3, 0.4) is 0 Å². The van der Waals surface area contributed by atoms with Gasteiger partial charge in [0.15, 0.2) is 0 Å². The summed E-state index contributed by atoms with van der Waals surface area (Å²) in [7, 11) is 0. The van der Waals surface area contributed by atoms with E-state index in [1.165, 1.54) is 0 Å². The number of aryl methyl sites for hydroxylation is 1. The van der Waals surface area contributed by atoms with E-state index in [9.17, 15) is 13.6 Å².